The van der Waals surface area contributed by atoms with Gasteiger partial charge in [0.1, 0.15) is 17.8 Å². The first-order valence-corrected chi connectivity index (χ1v) is 6.59. The molecule has 0 atom stereocenters. The quantitative estimate of drug-likeness (QED) is 0.683. The zero-order valence-corrected chi connectivity index (χ0v) is 12.3. The first-order chi connectivity index (χ1) is 9.90. The fourth-order valence-corrected chi connectivity index (χ4v) is 1.94. The Morgan fingerprint density at radius 1 is 1.43 bits per heavy atom. The highest BCUT2D eigenvalue weighted by atomic mass is 16.2. The minimum Gasteiger partial charge on any atom is -0.383 e. The molecule has 0 aliphatic rings. The van der Waals surface area contributed by atoms with Gasteiger partial charge in [0.25, 0.3) is 5.56 Å². The van der Waals surface area contributed by atoms with E-state index in [-0.39, 0.29) is 24.0 Å². The first kappa shape index (κ1) is 14.8. The van der Waals surface area contributed by atoms with Crippen LogP contribution in [0.15, 0.2) is 15.9 Å². The lowest BCUT2D eigenvalue weighted by Crippen LogP contribution is -2.35. The molecule has 0 saturated heterocycles. The number of rotatable bonds is 5. The molecule has 2 aromatic heterocycles. The second-order valence-electron chi connectivity index (χ2n) is 5.24. The van der Waals surface area contributed by atoms with Gasteiger partial charge in [0, 0.05) is 13.6 Å². The molecule has 0 spiro atoms. The van der Waals surface area contributed by atoms with Gasteiger partial charge in [0.05, 0.1) is 6.54 Å². The molecule has 0 aromatic carbocycles. The lowest BCUT2D eigenvalue weighted by molar-refractivity contribution is 0.508. The van der Waals surface area contributed by atoms with Crippen LogP contribution in [0.2, 0.25) is 0 Å². The molecule has 0 bridgehead atoms. The third kappa shape index (κ3) is 3.12. The smallest absolute Gasteiger partial charge is 0.330 e. The van der Waals surface area contributed by atoms with E-state index < -0.39 is 11.2 Å². The summed E-state index contributed by atoms with van der Waals surface area (Å²) in [6.07, 6.45) is 1.56. The maximum absolute atomic E-state index is 11.9. The summed E-state index contributed by atoms with van der Waals surface area (Å²) in [5.74, 6) is 0.998. The molecule has 0 radical (unpaired) electrons. The van der Waals surface area contributed by atoms with Gasteiger partial charge in [-0.25, -0.2) is 4.79 Å². The van der Waals surface area contributed by atoms with Crippen LogP contribution in [-0.4, -0.2) is 24.3 Å². The van der Waals surface area contributed by atoms with Crippen LogP contribution in [0.1, 0.15) is 19.7 Å². The number of nitrogens with two attached hydrogens (primary N) is 1. The van der Waals surface area contributed by atoms with E-state index in [0.717, 1.165) is 0 Å². The molecular formula is C12H19N7O2. The Morgan fingerprint density at radius 3 is 2.71 bits per heavy atom. The van der Waals surface area contributed by atoms with Crippen LogP contribution in [0.4, 0.5) is 11.5 Å². The summed E-state index contributed by atoms with van der Waals surface area (Å²) in [5, 5.41) is 10.6. The van der Waals surface area contributed by atoms with Crippen molar-refractivity contribution in [2.75, 3.05) is 11.1 Å². The largest absolute Gasteiger partial charge is 0.383 e. The van der Waals surface area contributed by atoms with Crippen LogP contribution in [0.5, 0.6) is 0 Å². The number of hydrogen-bond acceptors (Lipinski definition) is 6. The van der Waals surface area contributed by atoms with Crippen molar-refractivity contribution in [3.05, 3.63) is 33.0 Å². The maximum atomic E-state index is 11.9. The number of anilines is 2. The molecule has 0 amide bonds. The lowest BCUT2D eigenvalue weighted by Gasteiger charge is -2.15. The van der Waals surface area contributed by atoms with Crippen LogP contribution >= 0.6 is 0 Å². The van der Waals surface area contributed by atoms with Crippen molar-refractivity contribution >= 4 is 11.5 Å². The van der Waals surface area contributed by atoms with E-state index in [1.165, 1.54) is 4.57 Å². The molecule has 0 unspecified atom stereocenters. The number of hydrogen-bond donors (Lipinski definition) is 3. The van der Waals surface area contributed by atoms with Gasteiger partial charge >= 0.3 is 5.69 Å². The Morgan fingerprint density at radius 2 is 2.14 bits per heavy atom. The van der Waals surface area contributed by atoms with Gasteiger partial charge in [-0.05, 0) is 5.92 Å². The Kier molecular flexibility index (Phi) is 4.10. The second kappa shape index (κ2) is 5.81. The number of nitrogen functional groups attached to an aromatic ring is 1. The summed E-state index contributed by atoms with van der Waals surface area (Å²) in [7, 11) is 1.80. The summed E-state index contributed by atoms with van der Waals surface area (Å²) in [6.45, 7) is 4.64. The van der Waals surface area contributed by atoms with Crippen LogP contribution in [0, 0.1) is 5.92 Å². The van der Waals surface area contributed by atoms with E-state index in [1.807, 2.05) is 13.8 Å². The van der Waals surface area contributed by atoms with Gasteiger partial charge in [0.15, 0.2) is 5.82 Å². The zero-order valence-electron chi connectivity index (χ0n) is 12.3. The molecule has 2 rings (SSSR count). The minimum absolute atomic E-state index is 0.125. The third-order valence-corrected chi connectivity index (χ3v) is 3.02. The topological polar surface area (TPSA) is 124 Å². The predicted octanol–water partition coefficient (Wildman–Crippen LogP) is -0.485. The average molecular weight is 293 g/mol. The second-order valence-corrected chi connectivity index (χ2v) is 5.24. The monoisotopic (exact) mass is 293 g/mol. The minimum atomic E-state index is -0.542. The van der Waals surface area contributed by atoms with Crippen molar-refractivity contribution in [3.8, 4) is 0 Å². The van der Waals surface area contributed by atoms with Crippen molar-refractivity contribution in [2.24, 2.45) is 13.0 Å². The number of nitrogens with one attached hydrogen (secondary N) is 2. The van der Waals surface area contributed by atoms with E-state index in [4.69, 9.17) is 5.73 Å². The highest BCUT2D eigenvalue weighted by Crippen LogP contribution is 2.12. The van der Waals surface area contributed by atoms with Gasteiger partial charge in [-0.3, -0.25) is 14.3 Å². The highest BCUT2D eigenvalue weighted by Gasteiger charge is 2.13. The number of nitrogens with zero attached hydrogens (tertiary/aromatic N) is 4. The molecule has 2 aromatic rings. The standard InChI is InChI=1S/C12H19N7O2/c1-7(2)5-19-10(13)9(11(20)16-12(19)21)14-4-8-17-15-6-18(8)3/h6-7,14H,4-5,13H2,1-3H3,(H,16,20,21). The van der Waals surface area contributed by atoms with E-state index in [0.29, 0.717) is 12.4 Å². The summed E-state index contributed by atoms with van der Waals surface area (Å²) in [5.41, 5.74) is 5.07. The van der Waals surface area contributed by atoms with Gasteiger partial charge in [-0.2, -0.15) is 0 Å². The number of H-pyrrole nitrogens is 1. The van der Waals surface area contributed by atoms with Gasteiger partial charge in [-0.15, -0.1) is 10.2 Å². The summed E-state index contributed by atoms with van der Waals surface area (Å²) in [6, 6.07) is 0. The van der Waals surface area contributed by atoms with Crippen molar-refractivity contribution in [1.82, 2.24) is 24.3 Å². The fourth-order valence-electron chi connectivity index (χ4n) is 1.94. The van der Waals surface area contributed by atoms with Crippen LogP contribution < -0.4 is 22.3 Å². The maximum Gasteiger partial charge on any atom is 0.330 e. The molecule has 114 valence electrons. The van der Waals surface area contributed by atoms with Crippen molar-refractivity contribution in [2.45, 2.75) is 26.9 Å². The normalized spacial score (nSPS) is 11.0. The predicted molar refractivity (Wildman–Crippen MR) is 78.9 cm³/mol. The number of aromatic nitrogens is 5. The number of aromatic amines is 1. The molecule has 0 fully saturated rings. The van der Waals surface area contributed by atoms with Crippen LogP contribution in [0.3, 0.4) is 0 Å². The Labute approximate surface area is 120 Å². The lowest BCUT2D eigenvalue weighted by atomic mass is 10.2. The summed E-state index contributed by atoms with van der Waals surface area (Å²) in [4.78, 5) is 26.0. The summed E-state index contributed by atoms with van der Waals surface area (Å²) >= 11 is 0. The molecule has 0 saturated carbocycles. The van der Waals surface area contributed by atoms with E-state index in [2.05, 4.69) is 20.5 Å². The Hall–Kier alpha value is -2.58. The fraction of sp³-hybridized carbons (Fsp3) is 0.500. The average Bonchev–Trinajstić information content (AvgIpc) is 2.80. The SMILES string of the molecule is CC(C)Cn1c(N)c(NCc2nncn2C)c(=O)[nH]c1=O. The third-order valence-electron chi connectivity index (χ3n) is 3.02. The van der Waals surface area contributed by atoms with E-state index in [9.17, 15) is 9.59 Å². The zero-order chi connectivity index (χ0) is 15.6. The van der Waals surface area contributed by atoms with Crippen molar-refractivity contribution < 1.29 is 0 Å². The first-order valence-electron chi connectivity index (χ1n) is 6.59. The number of aryl methyl sites for hydroxylation is 1. The molecule has 0 aliphatic heterocycles. The molecule has 2 heterocycles. The summed E-state index contributed by atoms with van der Waals surface area (Å²) < 4.78 is 3.08. The van der Waals surface area contributed by atoms with Gasteiger partial charge in [0.2, 0.25) is 0 Å². The van der Waals surface area contributed by atoms with Crippen LogP contribution in [-0.2, 0) is 20.1 Å². The molecule has 9 nitrogen and oxygen atoms in total. The van der Waals surface area contributed by atoms with E-state index >= 15 is 0 Å². The molecule has 4 N–H and O–H groups in total. The molecule has 21 heavy (non-hydrogen) atoms. The van der Waals surface area contributed by atoms with Gasteiger partial charge in [-0.1, -0.05) is 13.8 Å². The molecular weight excluding hydrogens is 274 g/mol. The Bertz CT molecular complexity index is 741. The van der Waals surface area contributed by atoms with Crippen molar-refractivity contribution in [1.29, 1.82) is 0 Å². The molecule has 0 aliphatic carbocycles. The Balaban J connectivity index is 2.33. The van der Waals surface area contributed by atoms with Crippen LogP contribution in [0.25, 0.3) is 0 Å². The molecule has 9 heteroatoms. The van der Waals surface area contributed by atoms with Crippen molar-refractivity contribution in [3.63, 3.8) is 0 Å². The highest BCUT2D eigenvalue weighted by molar-refractivity contribution is 5.60. The van der Waals surface area contributed by atoms with E-state index in [1.54, 1.807) is 17.9 Å². The van der Waals surface area contributed by atoms with Gasteiger partial charge < -0.3 is 15.6 Å².